The minimum atomic E-state index is -0.430. The second-order valence-corrected chi connectivity index (χ2v) is 4.58. The Hall–Kier alpha value is -1.59. The van der Waals surface area contributed by atoms with Crippen LogP contribution in [0.15, 0.2) is 24.3 Å². The second-order valence-electron chi connectivity index (χ2n) is 4.14. The van der Waals surface area contributed by atoms with Crippen LogP contribution in [0.1, 0.15) is 10.4 Å². The number of carbonyl (C=O) groups is 2. The molecule has 0 radical (unpaired) electrons. The Labute approximate surface area is 109 Å². The van der Waals surface area contributed by atoms with E-state index in [1.165, 1.54) is 4.90 Å². The summed E-state index contributed by atoms with van der Waals surface area (Å²) in [5.74, 6) is -0.510. The molecule has 2 N–H and O–H groups in total. The van der Waals surface area contributed by atoms with Crippen LogP contribution < -0.4 is 5.32 Å². The molecule has 2 rings (SSSR count). The molecule has 1 aliphatic rings. The van der Waals surface area contributed by atoms with Gasteiger partial charge in [-0.1, -0.05) is 11.6 Å². The van der Waals surface area contributed by atoms with Crippen molar-refractivity contribution in [3.05, 3.63) is 34.9 Å². The number of rotatable bonds is 3. The minimum Gasteiger partial charge on any atom is -0.389 e. The lowest BCUT2D eigenvalue weighted by Gasteiger charge is -2.35. The van der Waals surface area contributed by atoms with Crippen LogP contribution in [0, 0.1) is 0 Å². The molecule has 0 saturated carbocycles. The van der Waals surface area contributed by atoms with Gasteiger partial charge in [0.05, 0.1) is 12.6 Å². The summed E-state index contributed by atoms with van der Waals surface area (Å²) in [6.45, 7) is 0.624. The van der Waals surface area contributed by atoms with E-state index in [1.54, 1.807) is 24.3 Å². The van der Waals surface area contributed by atoms with Gasteiger partial charge < -0.3 is 15.3 Å². The predicted molar refractivity (Wildman–Crippen MR) is 66.4 cm³/mol. The maximum absolute atomic E-state index is 11.7. The van der Waals surface area contributed by atoms with Gasteiger partial charge >= 0.3 is 0 Å². The van der Waals surface area contributed by atoms with Gasteiger partial charge in [0, 0.05) is 23.7 Å². The number of nitrogens with one attached hydrogen (secondary N) is 1. The van der Waals surface area contributed by atoms with Gasteiger partial charge in [0.1, 0.15) is 0 Å². The van der Waals surface area contributed by atoms with E-state index in [0.29, 0.717) is 23.7 Å². The van der Waals surface area contributed by atoms with E-state index in [0.717, 1.165) is 0 Å². The molecule has 96 valence electrons. The fourth-order valence-corrected chi connectivity index (χ4v) is 1.76. The Morgan fingerprint density at radius 1 is 1.33 bits per heavy atom. The number of β-amino-alcohol motifs (C(OH)–C–C–N with tert-alkyl or cyclic N) is 1. The van der Waals surface area contributed by atoms with Crippen LogP contribution >= 0.6 is 11.6 Å². The molecular weight excluding hydrogens is 256 g/mol. The van der Waals surface area contributed by atoms with E-state index in [-0.39, 0.29) is 18.4 Å². The molecule has 0 aromatic heterocycles. The third kappa shape index (κ3) is 3.00. The first-order chi connectivity index (χ1) is 8.56. The van der Waals surface area contributed by atoms with Gasteiger partial charge in [0.25, 0.3) is 5.91 Å². The number of halogens is 1. The van der Waals surface area contributed by atoms with E-state index in [1.807, 2.05) is 0 Å². The Morgan fingerprint density at radius 2 is 1.94 bits per heavy atom. The highest BCUT2D eigenvalue weighted by atomic mass is 35.5. The molecule has 2 amide bonds. The van der Waals surface area contributed by atoms with Crippen molar-refractivity contribution in [3.8, 4) is 0 Å². The van der Waals surface area contributed by atoms with Crippen molar-refractivity contribution in [3.63, 3.8) is 0 Å². The van der Waals surface area contributed by atoms with Crippen LogP contribution in [0.4, 0.5) is 0 Å². The Balaban J connectivity index is 1.81. The standard InChI is InChI=1S/C12H13ClN2O3/c13-9-3-1-8(2-4-9)12(18)14-5-11(17)15-6-10(16)7-15/h1-4,10,16H,5-7H2,(H,14,18). The summed E-state index contributed by atoms with van der Waals surface area (Å²) in [5.41, 5.74) is 0.454. The zero-order valence-electron chi connectivity index (χ0n) is 9.60. The number of hydrogen-bond donors (Lipinski definition) is 2. The quantitative estimate of drug-likeness (QED) is 0.827. The molecule has 0 atom stereocenters. The highest BCUT2D eigenvalue weighted by molar-refractivity contribution is 6.30. The molecule has 0 bridgehead atoms. The Bertz CT molecular complexity index is 455. The maximum Gasteiger partial charge on any atom is 0.251 e. The fourth-order valence-electron chi connectivity index (χ4n) is 1.63. The molecule has 6 heteroatoms. The SMILES string of the molecule is O=C(NCC(=O)N1CC(O)C1)c1ccc(Cl)cc1. The molecule has 1 aromatic carbocycles. The van der Waals surface area contributed by atoms with Gasteiger partial charge in [-0.3, -0.25) is 9.59 Å². The fraction of sp³-hybridized carbons (Fsp3) is 0.333. The lowest BCUT2D eigenvalue weighted by atomic mass is 10.1. The van der Waals surface area contributed by atoms with Crippen molar-refractivity contribution in [1.82, 2.24) is 10.2 Å². The summed E-state index contributed by atoms with van der Waals surface area (Å²) in [6, 6.07) is 6.42. The van der Waals surface area contributed by atoms with E-state index in [9.17, 15) is 9.59 Å². The molecule has 1 heterocycles. The molecule has 1 saturated heterocycles. The number of hydrogen-bond acceptors (Lipinski definition) is 3. The first-order valence-electron chi connectivity index (χ1n) is 5.56. The minimum absolute atomic E-state index is 0.0613. The van der Waals surface area contributed by atoms with E-state index >= 15 is 0 Å². The first kappa shape index (κ1) is 12.9. The highest BCUT2D eigenvalue weighted by Gasteiger charge is 2.28. The van der Waals surface area contributed by atoms with Crippen molar-refractivity contribution >= 4 is 23.4 Å². The molecule has 1 fully saturated rings. The van der Waals surface area contributed by atoms with E-state index in [2.05, 4.69) is 5.32 Å². The van der Waals surface area contributed by atoms with E-state index < -0.39 is 6.10 Å². The van der Waals surface area contributed by atoms with Gasteiger partial charge in [-0.05, 0) is 24.3 Å². The zero-order valence-corrected chi connectivity index (χ0v) is 10.4. The molecule has 5 nitrogen and oxygen atoms in total. The van der Waals surface area contributed by atoms with Gasteiger partial charge in [0.2, 0.25) is 5.91 Å². The van der Waals surface area contributed by atoms with Crippen LogP contribution in [0.5, 0.6) is 0 Å². The number of likely N-dealkylation sites (tertiary alicyclic amines) is 1. The van der Waals surface area contributed by atoms with Crippen molar-refractivity contribution in [1.29, 1.82) is 0 Å². The van der Waals surface area contributed by atoms with E-state index in [4.69, 9.17) is 16.7 Å². The van der Waals surface area contributed by atoms with Crippen molar-refractivity contribution in [2.24, 2.45) is 0 Å². The number of aliphatic hydroxyl groups excluding tert-OH is 1. The monoisotopic (exact) mass is 268 g/mol. The average Bonchev–Trinajstić information content (AvgIpc) is 2.32. The summed E-state index contributed by atoms with van der Waals surface area (Å²) in [6.07, 6.45) is -0.430. The van der Waals surface area contributed by atoms with Crippen LogP contribution in [0.3, 0.4) is 0 Å². The topological polar surface area (TPSA) is 69.6 Å². The number of nitrogens with zero attached hydrogens (tertiary/aromatic N) is 1. The normalized spacial score (nSPS) is 15.1. The molecule has 0 aliphatic carbocycles. The Kier molecular flexibility index (Phi) is 3.84. The molecule has 0 spiro atoms. The lowest BCUT2D eigenvalue weighted by Crippen LogP contribution is -2.55. The van der Waals surface area contributed by atoms with Crippen LogP contribution in [0.2, 0.25) is 5.02 Å². The lowest BCUT2D eigenvalue weighted by molar-refractivity contribution is -0.140. The van der Waals surface area contributed by atoms with Gasteiger partial charge in [0.15, 0.2) is 0 Å². The zero-order chi connectivity index (χ0) is 13.1. The van der Waals surface area contributed by atoms with Crippen molar-refractivity contribution < 1.29 is 14.7 Å². The highest BCUT2D eigenvalue weighted by Crippen LogP contribution is 2.09. The summed E-state index contributed by atoms with van der Waals surface area (Å²) < 4.78 is 0. The summed E-state index contributed by atoms with van der Waals surface area (Å²) in [7, 11) is 0. The number of amides is 2. The third-order valence-electron chi connectivity index (χ3n) is 2.72. The molecular formula is C12H13ClN2O3. The molecule has 0 unspecified atom stereocenters. The smallest absolute Gasteiger partial charge is 0.251 e. The first-order valence-corrected chi connectivity index (χ1v) is 5.93. The number of carbonyl (C=O) groups excluding carboxylic acids is 2. The van der Waals surface area contributed by atoms with Gasteiger partial charge in [-0.15, -0.1) is 0 Å². The summed E-state index contributed by atoms with van der Waals surface area (Å²) in [4.78, 5) is 24.7. The van der Waals surface area contributed by atoms with Crippen LogP contribution in [-0.2, 0) is 4.79 Å². The van der Waals surface area contributed by atoms with Gasteiger partial charge in [-0.2, -0.15) is 0 Å². The summed E-state index contributed by atoms with van der Waals surface area (Å²) in [5, 5.41) is 12.1. The average molecular weight is 269 g/mol. The maximum atomic E-state index is 11.7. The predicted octanol–water partition coefficient (Wildman–Crippen LogP) is 0.273. The van der Waals surface area contributed by atoms with Crippen molar-refractivity contribution in [2.75, 3.05) is 19.6 Å². The molecule has 18 heavy (non-hydrogen) atoms. The molecule has 1 aromatic rings. The largest absolute Gasteiger partial charge is 0.389 e. The number of benzene rings is 1. The third-order valence-corrected chi connectivity index (χ3v) is 2.97. The summed E-state index contributed by atoms with van der Waals surface area (Å²) >= 11 is 5.71. The van der Waals surface area contributed by atoms with Gasteiger partial charge in [-0.25, -0.2) is 0 Å². The molecule has 1 aliphatic heterocycles. The Morgan fingerprint density at radius 3 is 2.50 bits per heavy atom. The van der Waals surface area contributed by atoms with Crippen LogP contribution in [0.25, 0.3) is 0 Å². The number of aliphatic hydroxyl groups is 1. The van der Waals surface area contributed by atoms with Crippen molar-refractivity contribution in [2.45, 2.75) is 6.10 Å². The second kappa shape index (κ2) is 5.37. The van der Waals surface area contributed by atoms with Crippen LogP contribution in [-0.4, -0.2) is 47.6 Å².